The molecule has 3 aromatic rings. The van der Waals surface area contributed by atoms with Crippen LogP contribution in [0.2, 0.25) is 0 Å². The van der Waals surface area contributed by atoms with Gasteiger partial charge >= 0.3 is 0 Å². The molecule has 0 atom stereocenters. The Morgan fingerprint density at radius 3 is 2.19 bits per heavy atom. The zero-order valence-corrected chi connectivity index (χ0v) is 18.3. The van der Waals surface area contributed by atoms with Gasteiger partial charge in [-0.25, -0.2) is 0 Å². The second-order valence-corrected chi connectivity index (χ2v) is 7.34. The van der Waals surface area contributed by atoms with Crippen LogP contribution in [0, 0.1) is 18.3 Å². The fraction of sp³-hybridized carbons (Fsp3) is 0.185. The Morgan fingerprint density at radius 1 is 0.938 bits per heavy atom. The Morgan fingerprint density at radius 2 is 1.56 bits per heavy atom. The van der Waals surface area contributed by atoms with Crippen molar-refractivity contribution >= 4 is 17.7 Å². The molecule has 0 unspecified atom stereocenters. The van der Waals surface area contributed by atoms with Crippen LogP contribution in [0.3, 0.4) is 0 Å². The molecule has 0 spiro atoms. The summed E-state index contributed by atoms with van der Waals surface area (Å²) < 4.78 is 11.3. The van der Waals surface area contributed by atoms with E-state index in [1.165, 1.54) is 5.56 Å². The molecule has 0 aliphatic rings. The first-order valence-corrected chi connectivity index (χ1v) is 10.5. The molecule has 0 aromatic heterocycles. The van der Waals surface area contributed by atoms with E-state index in [1.54, 1.807) is 30.3 Å². The van der Waals surface area contributed by atoms with Crippen molar-refractivity contribution in [2.45, 2.75) is 26.9 Å². The van der Waals surface area contributed by atoms with Crippen molar-refractivity contribution in [2.24, 2.45) is 0 Å². The number of nitriles is 1. The summed E-state index contributed by atoms with van der Waals surface area (Å²) >= 11 is 0. The predicted molar refractivity (Wildman–Crippen MR) is 126 cm³/mol. The van der Waals surface area contributed by atoms with Gasteiger partial charge < -0.3 is 14.8 Å². The molecule has 1 amide bonds. The van der Waals surface area contributed by atoms with Crippen LogP contribution in [0.1, 0.15) is 30.0 Å². The zero-order chi connectivity index (χ0) is 22.8. The molecular weight excluding hydrogens is 400 g/mol. The smallest absolute Gasteiger partial charge is 0.266 e. The SMILES string of the molecule is CCCOc1ccc(/C=C(\C#N)C(=O)Nc2ccc(OCc3ccc(C)cc3)cc2)cc1. The van der Waals surface area contributed by atoms with Gasteiger partial charge in [0.2, 0.25) is 0 Å². The van der Waals surface area contributed by atoms with E-state index in [0.29, 0.717) is 24.7 Å². The summed E-state index contributed by atoms with van der Waals surface area (Å²) in [6.07, 6.45) is 2.48. The highest BCUT2D eigenvalue weighted by atomic mass is 16.5. The molecule has 162 valence electrons. The van der Waals surface area contributed by atoms with Gasteiger partial charge in [0, 0.05) is 5.69 Å². The lowest BCUT2D eigenvalue weighted by molar-refractivity contribution is -0.112. The molecule has 0 heterocycles. The van der Waals surface area contributed by atoms with Crippen molar-refractivity contribution in [3.05, 3.63) is 95.1 Å². The number of carbonyl (C=O) groups excluding carboxylic acids is 1. The minimum atomic E-state index is -0.466. The van der Waals surface area contributed by atoms with E-state index < -0.39 is 5.91 Å². The normalized spacial score (nSPS) is 10.8. The van der Waals surface area contributed by atoms with E-state index in [1.807, 2.05) is 68.4 Å². The van der Waals surface area contributed by atoms with Crippen molar-refractivity contribution in [3.8, 4) is 17.6 Å². The first-order valence-electron chi connectivity index (χ1n) is 10.5. The molecule has 3 aromatic carbocycles. The molecule has 1 N–H and O–H groups in total. The minimum Gasteiger partial charge on any atom is -0.494 e. The third-order valence-electron chi connectivity index (χ3n) is 4.67. The van der Waals surface area contributed by atoms with E-state index in [4.69, 9.17) is 9.47 Å². The number of nitrogens with one attached hydrogen (secondary N) is 1. The average molecular weight is 427 g/mol. The van der Waals surface area contributed by atoms with Gasteiger partial charge in [-0.15, -0.1) is 0 Å². The molecule has 0 bridgehead atoms. The monoisotopic (exact) mass is 426 g/mol. The number of anilines is 1. The van der Waals surface area contributed by atoms with Gasteiger partial charge in [-0.3, -0.25) is 4.79 Å². The summed E-state index contributed by atoms with van der Waals surface area (Å²) in [6, 6.07) is 24.5. The number of hydrogen-bond acceptors (Lipinski definition) is 4. The predicted octanol–water partition coefficient (Wildman–Crippen LogP) is 5.91. The fourth-order valence-electron chi connectivity index (χ4n) is 2.88. The van der Waals surface area contributed by atoms with Gasteiger partial charge in [0.1, 0.15) is 29.7 Å². The number of rotatable bonds is 9. The zero-order valence-electron chi connectivity index (χ0n) is 18.3. The van der Waals surface area contributed by atoms with E-state index in [2.05, 4.69) is 5.32 Å². The first kappa shape index (κ1) is 22.6. The van der Waals surface area contributed by atoms with E-state index in [0.717, 1.165) is 23.3 Å². The molecule has 0 radical (unpaired) electrons. The largest absolute Gasteiger partial charge is 0.494 e. The highest BCUT2D eigenvalue weighted by Gasteiger charge is 2.10. The van der Waals surface area contributed by atoms with E-state index in [-0.39, 0.29) is 5.57 Å². The number of nitrogens with zero attached hydrogens (tertiary/aromatic N) is 1. The average Bonchev–Trinajstić information content (AvgIpc) is 2.82. The lowest BCUT2D eigenvalue weighted by atomic mass is 10.1. The van der Waals surface area contributed by atoms with Crippen molar-refractivity contribution in [2.75, 3.05) is 11.9 Å². The second-order valence-electron chi connectivity index (χ2n) is 7.34. The Labute approximate surface area is 188 Å². The van der Waals surface area contributed by atoms with Crippen molar-refractivity contribution < 1.29 is 14.3 Å². The van der Waals surface area contributed by atoms with Gasteiger partial charge in [-0.05, 0) is 66.9 Å². The number of amides is 1. The van der Waals surface area contributed by atoms with Crippen LogP contribution in [0.25, 0.3) is 6.08 Å². The molecule has 0 aliphatic carbocycles. The van der Waals surface area contributed by atoms with E-state index >= 15 is 0 Å². The molecule has 0 aliphatic heterocycles. The summed E-state index contributed by atoms with van der Waals surface area (Å²) in [6.45, 7) is 5.21. The maximum atomic E-state index is 12.5. The molecule has 0 saturated carbocycles. The number of ether oxygens (including phenoxy) is 2. The van der Waals surface area contributed by atoms with Crippen molar-refractivity contribution in [1.82, 2.24) is 0 Å². The highest BCUT2D eigenvalue weighted by molar-refractivity contribution is 6.09. The number of aryl methyl sites for hydroxylation is 1. The molecule has 0 saturated heterocycles. The molecule has 32 heavy (non-hydrogen) atoms. The summed E-state index contributed by atoms with van der Waals surface area (Å²) in [5, 5.41) is 12.2. The third-order valence-corrected chi connectivity index (χ3v) is 4.67. The molecule has 3 rings (SSSR count). The Balaban J connectivity index is 1.58. The van der Waals surface area contributed by atoms with Gasteiger partial charge in [0.15, 0.2) is 0 Å². The van der Waals surface area contributed by atoms with Gasteiger partial charge in [0.25, 0.3) is 5.91 Å². The summed E-state index contributed by atoms with van der Waals surface area (Å²) in [4.78, 5) is 12.5. The quantitative estimate of drug-likeness (QED) is 0.341. The number of carbonyl (C=O) groups is 1. The third kappa shape index (κ3) is 6.75. The summed E-state index contributed by atoms with van der Waals surface area (Å²) in [5.41, 5.74) is 3.65. The topological polar surface area (TPSA) is 71.3 Å². The summed E-state index contributed by atoms with van der Waals surface area (Å²) in [7, 11) is 0. The lowest BCUT2D eigenvalue weighted by Crippen LogP contribution is -2.13. The van der Waals surface area contributed by atoms with Gasteiger partial charge in [0.05, 0.1) is 6.61 Å². The minimum absolute atomic E-state index is 0.0203. The molecule has 5 heteroatoms. The van der Waals surface area contributed by atoms with Crippen LogP contribution in [-0.2, 0) is 11.4 Å². The van der Waals surface area contributed by atoms with Crippen LogP contribution in [0.5, 0.6) is 11.5 Å². The highest BCUT2D eigenvalue weighted by Crippen LogP contribution is 2.19. The molecule has 5 nitrogen and oxygen atoms in total. The first-order chi connectivity index (χ1) is 15.6. The van der Waals surface area contributed by atoms with Crippen LogP contribution in [0.15, 0.2) is 78.4 Å². The van der Waals surface area contributed by atoms with Gasteiger partial charge in [-0.2, -0.15) is 5.26 Å². The number of hydrogen-bond donors (Lipinski definition) is 1. The Kier molecular flexibility index (Phi) is 8.05. The number of benzene rings is 3. The Hall–Kier alpha value is -4.04. The van der Waals surface area contributed by atoms with Crippen LogP contribution < -0.4 is 14.8 Å². The van der Waals surface area contributed by atoms with Crippen molar-refractivity contribution in [3.63, 3.8) is 0 Å². The second kappa shape index (κ2) is 11.4. The van der Waals surface area contributed by atoms with Crippen LogP contribution in [-0.4, -0.2) is 12.5 Å². The molecule has 0 fully saturated rings. The lowest BCUT2D eigenvalue weighted by Gasteiger charge is -2.09. The fourth-order valence-corrected chi connectivity index (χ4v) is 2.88. The standard InChI is InChI=1S/C27H26N2O3/c1-3-16-31-25-12-8-21(9-13-25)17-23(18-28)27(30)29-24-10-14-26(15-11-24)32-19-22-6-4-20(2)5-7-22/h4-15,17H,3,16,19H2,1-2H3,(H,29,30)/b23-17+. The summed E-state index contributed by atoms with van der Waals surface area (Å²) in [5.74, 6) is 0.994. The van der Waals surface area contributed by atoms with E-state index in [9.17, 15) is 10.1 Å². The maximum Gasteiger partial charge on any atom is 0.266 e. The molecular formula is C27H26N2O3. The van der Waals surface area contributed by atoms with Crippen molar-refractivity contribution in [1.29, 1.82) is 5.26 Å². The van der Waals surface area contributed by atoms with Gasteiger partial charge in [-0.1, -0.05) is 48.9 Å². The van der Waals surface area contributed by atoms with Crippen LogP contribution in [0.4, 0.5) is 5.69 Å². The maximum absolute atomic E-state index is 12.5. The Bertz CT molecular complexity index is 1090. The van der Waals surface area contributed by atoms with Crippen LogP contribution >= 0.6 is 0 Å².